The molecule has 0 radical (unpaired) electrons. The van der Waals surface area contributed by atoms with Gasteiger partial charge in [0.05, 0.1) is 18.2 Å². The molecule has 3 rings (SSSR count). The van der Waals surface area contributed by atoms with Gasteiger partial charge in [0.15, 0.2) is 0 Å². The fraction of sp³-hybridized carbons (Fsp3) is 0.250. The van der Waals surface area contributed by atoms with E-state index in [4.69, 9.17) is 14.3 Å². The first-order chi connectivity index (χ1) is 15.4. The van der Waals surface area contributed by atoms with E-state index < -0.39 is 17.8 Å². The average molecular weight is 436 g/mol. The zero-order chi connectivity index (χ0) is 23.3. The molecular weight excluding hydrogens is 412 g/mol. The van der Waals surface area contributed by atoms with Crippen LogP contribution in [0.15, 0.2) is 62.5 Å². The highest BCUT2D eigenvalue weighted by Gasteiger charge is 2.34. The first-order valence-electron chi connectivity index (χ1n) is 10.0. The van der Waals surface area contributed by atoms with E-state index in [1.165, 1.54) is 13.3 Å². The third-order valence-corrected chi connectivity index (χ3v) is 5.06. The number of imide groups is 1. The van der Waals surface area contributed by atoms with Crippen molar-refractivity contribution >= 4 is 30.1 Å². The maximum Gasteiger partial charge on any atom is 0.337 e. The van der Waals surface area contributed by atoms with Gasteiger partial charge in [-0.3, -0.25) is 19.5 Å². The van der Waals surface area contributed by atoms with E-state index in [-0.39, 0.29) is 19.6 Å². The maximum atomic E-state index is 13.0. The summed E-state index contributed by atoms with van der Waals surface area (Å²) in [5.74, 6) is -0.318. The minimum atomic E-state index is -0.449. The van der Waals surface area contributed by atoms with Gasteiger partial charge in [-0.1, -0.05) is 12.1 Å². The van der Waals surface area contributed by atoms with E-state index in [0.29, 0.717) is 33.8 Å². The fourth-order valence-electron chi connectivity index (χ4n) is 3.35. The van der Waals surface area contributed by atoms with Crippen LogP contribution in [0.25, 0.3) is 17.4 Å². The number of ether oxygens (including phenoxy) is 1. The lowest BCUT2D eigenvalue weighted by Gasteiger charge is -2.28. The van der Waals surface area contributed by atoms with Gasteiger partial charge in [-0.25, -0.2) is 4.79 Å². The van der Waals surface area contributed by atoms with E-state index in [0.717, 1.165) is 10.5 Å². The molecule has 0 aliphatic carbocycles. The van der Waals surface area contributed by atoms with Crippen LogP contribution in [0.5, 0.6) is 0 Å². The minimum absolute atomic E-state index is 0.107. The molecule has 1 aliphatic rings. The summed E-state index contributed by atoms with van der Waals surface area (Å²) in [6.07, 6.45) is 3.30. The summed E-state index contributed by atoms with van der Waals surface area (Å²) in [5, 5.41) is 9.12. The van der Waals surface area contributed by atoms with Crippen molar-refractivity contribution in [1.29, 1.82) is 0 Å². The number of esters is 1. The van der Waals surface area contributed by atoms with Crippen molar-refractivity contribution in [3.8, 4) is 11.3 Å². The van der Waals surface area contributed by atoms with E-state index in [1.54, 1.807) is 56.4 Å². The Kier molecular flexibility index (Phi) is 7.17. The van der Waals surface area contributed by atoms with Gasteiger partial charge in [0.1, 0.15) is 11.5 Å². The Morgan fingerprint density at radius 2 is 1.88 bits per heavy atom. The lowest BCUT2D eigenvalue weighted by atomic mass is 9.94. The number of aliphatic imine (C=N–C) groups is 1. The number of aliphatic hydroxyl groups is 1. The number of amides is 2. The molecule has 0 fully saturated rings. The normalized spacial score (nSPS) is 15.9. The van der Waals surface area contributed by atoms with Crippen molar-refractivity contribution in [3.63, 3.8) is 0 Å². The van der Waals surface area contributed by atoms with Crippen molar-refractivity contribution in [1.82, 2.24) is 4.90 Å². The molecule has 0 spiro atoms. The zero-order valence-electron chi connectivity index (χ0n) is 18.1. The molecule has 8 nitrogen and oxygen atoms in total. The Labute approximate surface area is 185 Å². The van der Waals surface area contributed by atoms with Gasteiger partial charge >= 0.3 is 5.97 Å². The van der Waals surface area contributed by atoms with Crippen LogP contribution in [0.1, 0.15) is 29.5 Å². The highest BCUT2D eigenvalue weighted by molar-refractivity contribution is 6.25. The lowest BCUT2D eigenvalue weighted by Crippen LogP contribution is -2.44. The molecule has 32 heavy (non-hydrogen) atoms. The number of hydrogen-bond acceptors (Lipinski definition) is 7. The quantitative estimate of drug-likeness (QED) is 0.309. The monoisotopic (exact) mass is 436 g/mol. The average Bonchev–Trinajstić information content (AvgIpc) is 3.28. The van der Waals surface area contributed by atoms with Crippen LogP contribution < -0.4 is 0 Å². The fourth-order valence-corrected chi connectivity index (χ4v) is 3.35. The maximum absolute atomic E-state index is 13.0. The number of aliphatic hydroxyl groups excluding tert-OH is 1. The summed E-state index contributed by atoms with van der Waals surface area (Å²) < 4.78 is 10.6. The molecule has 166 valence electrons. The van der Waals surface area contributed by atoms with E-state index in [9.17, 15) is 14.4 Å². The third-order valence-electron chi connectivity index (χ3n) is 5.06. The number of methoxy groups -OCH3 is 1. The number of nitrogens with zero attached hydrogens (tertiary/aromatic N) is 2. The van der Waals surface area contributed by atoms with E-state index >= 15 is 0 Å². The molecule has 0 bridgehead atoms. The van der Waals surface area contributed by atoms with Crippen molar-refractivity contribution in [3.05, 3.63) is 64.4 Å². The highest BCUT2D eigenvalue weighted by Crippen LogP contribution is 2.29. The molecule has 1 N–H and O–H groups in total. The predicted molar refractivity (Wildman–Crippen MR) is 119 cm³/mol. The molecule has 1 aromatic carbocycles. The molecule has 0 atom stereocenters. The molecular formula is C24H24N2O6. The Hall–Kier alpha value is -3.78. The molecule has 2 aromatic rings. The zero-order valence-corrected chi connectivity index (χ0v) is 18.1. The Morgan fingerprint density at radius 3 is 2.50 bits per heavy atom. The second kappa shape index (κ2) is 10.0. The van der Waals surface area contributed by atoms with Crippen LogP contribution in [0.4, 0.5) is 0 Å². The summed E-state index contributed by atoms with van der Waals surface area (Å²) in [5.41, 5.74) is 2.33. The largest absolute Gasteiger partial charge is 0.465 e. The second-order valence-electron chi connectivity index (χ2n) is 7.09. The van der Waals surface area contributed by atoms with Crippen LogP contribution in [-0.4, -0.2) is 61.3 Å². The van der Waals surface area contributed by atoms with Crippen molar-refractivity contribution < 1.29 is 28.6 Å². The molecule has 0 saturated carbocycles. The molecule has 0 unspecified atom stereocenters. The smallest absolute Gasteiger partial charge is 0.337 e. The van der Waals surface area contributed by atoms with Gasteiger partial charge < -0.3 is 14.3 Å². The number of benzene rings is 1. The first kappa shape index (κ1) is 22.9. The summed E-state index contributed by atoms with van der Waals surface area (Å²) in [7, 11) is 2.87. The van der Waals surface area contributed by atoms with Crippen LogP contribution in [0.2, 0.25) is 0 Å². The minimum Gasteiger partial charge on any atom is -0.465 e. The van der Waals surface area contributed by atoms with Crippen LogP contribution >= 0.6 is 0 Å². The number of carbonyl (C=O) groups excluding carboxylic acids is 3. The summed E-state index contributed by atoms with van der Waals surface area (Å²) in [6.45, 7) is 1.67. The van der Waals surface area contributed by atoms with Gasteiger partial charge in [-0.2, -0.15) is 0 Å². The Balaban J connectivity index is 1.96. The van der Waals surface area contributed by atoms with E-state index in [2.05, 4.69) is 4.99 Å². The highest BCUT2D eigenvalue weighted by atomic mass is 16.5. The van der Waals surface area contributed by atoms with Crippen molar-refractivity contribution in [2.24, 2.45) is 4.99 Å². The van der Waals surface area contributed by atoms with Crippen LogP contribution in [0, 0.1) is 0 Å². The Bertz CT molecular complexity index is 1120. The van der Waals surface area contributed by atoms with Gasteiger partial charge in [0.25, 0.3) is 11.8 Å². The molecule has 1 aromatic heterocycles. The summed E-state index contributed by atoms with van der Waals surface area (Å²) in [4.78, 5) is 42.4. The van der Waals surface area contributed by atoms with Gasteiger partial charge in [0, 0.05) is 37.6 Å². The number of rotatable bonds is 7. The van der Waals surface area contributed by atoms with Crippen LogP contribution in [0.3, 0.4) is 0 Å². The number of hydrogen-bond donors (Lipinski definition) is 1. The summed E-state index contributed by atoms with van der Waals surface area (Å²) in [6, 6.07) is 10.2. The molecule has 8 heteroatoms. The van der Waals surface area contributed by atoms with Gasteiger partial charge in [-0.05, 0) is 49.3 Å². The molecule has 2 amide bonds. The molecule has 1 aliphatic heterocycles. The first-order valence-corrected chi connectivity index (χ1v) is 10.0. The van der Waals surface area contributed by atoms with E-state index in [1.807, 2.05) is 0 Å². The lowest BCUT2D eigenvalue weighted by molar-refractivity contribution is -0.140. The van der Waals surface area contributed by atoms with Crippen LogP contribution in [-0.2, 0) is 14.3 Å². The number of furan rings is 1. The topological polar surface area (TPSA) is 109 Å². The predicted octanol–water partition coefficient (Wildman–Crippen LogP) is 2.88. The Morgan fingerprint density at radius 1 is 1.16 bits per heavy atom. The van der Waals surface area contributed by atoms with Crippen molar-refractivity contribution in [2.75, 3.05) is 27.3 Å². The summed E-state index contributed by atoms with van der Waals surface area (Å²) >= 11 is 0. The van der Waals surface area contributed by atoms with Crippen molar-refractivity contribution in [2.45, 2.75) is 13.3 Å². The molecule has 2 heterocycles. The SMILES string of the molecule is CN=CC1=C(C)/C(=C/c2ccc(-c3ccc(C(=O)OC)cc3)o2)C(=O)N(CCCO)C1=O. The second-order valence-corrected chi connectivity index (χ2v) is 7.09. The van der Waals surface area contributed by atoms with Gasteiger partial charge in [0.2, 0.25) is 0 Å². The third kappa shape index (κ3) is 4.60. The number of carbonyl (C=O) groups is 3. The van der Waals surface area contributed by atoms with Gasteiger partial charge in [-0.15, -0.1) is 0 Å². The standard InChI is InChI=1S/C24H24N2O6/c1-15-19(22(28)26(11-4-12-27)23(29)20(15)14-25-2)13-18-9-10-21(32-18)16-5-7-17(8-6-16)24(30)31-3/h5-10,13-14,27H,4,11-12H2,1-3H3/b19-13-,25-14?. The molecule has 0 saturated heterocycles.